The summed E-state index contributed by atoms with van der Waals surface area (Å²) in [6, 6.07) is 2.33. The Morgan fingerprint density at radius 1 is 1.30 bits per heavy atom. The molecule has 0 spiro atoms. The van der Waals surface area contributed by atoms with Crippen molar-refractivity contribution in [1.29, 1.82) is 0 Å². The van der Waals surface area contributed by atoms with Crippen molar-refractivity contribution in [2.24, 2.45) is 5.92 Å². The van der Waals surface area contributed by atoms with Crippen LogP contribution < -0.4 is 4.90 Å². The van der Waals surface area contributed by atoms with E-state index in [1.54, 1.807) is 4.90 Å². The number of rotatable bonds is 3. The molecular formula is C15H17F2NO2. The van der Waals surface area contributed by atoms with Gasteiger partial charge in [0.15, 0.2) is 0 Å². The molecule has 1 aromatic rings. The highest BCUT2D eigenvalue weighted by molar-refractivity contribution is 5.85. The fraction of sp³-hybridized carbons (Fsp3) is 0.400. The van der Waals surface area contributed by atoms with Gasteiger partial charge in [-0.1, -0.05) is 6.92 Å². The summed E-state index contributed by atoms with van der Waals surface area (Å²) in [4.78, 5) is 12.1. The van der Waals surface area contributed by atoms with E-state index in [1.165, 1.54) is 6.08 Å². The van der Waals surface area contributed by atoms with Gasteiger partial charge >= 0.3 is 5.97 Å². The number of benzene rings is 1. The average Bonchev–Trinajstić information content (AvgIpc) is 2.38. The molecule has 1 fully saturated rings. The zero-order chi connectivity index (χ0) is 14.7. The summed E-state index contributed by atoms with van der Waals surface area (Å²) in [7, 11) is 0. The molecule has 0 unspecified atom stereocenters. The number of nitrogens with zero attached hydrogens (tertiary/aromatic N) is 1. The van der Waals surface area contributed by atoms with E-state index < -0.39 is 17.6 Å². The predicted molar refractivity (Wildman–Crippen MR) is 73.6 cm³/mol. The van der Waals surface area contributed by atoms with Crippen LogP contribution in [-0.4, -0.2) is 24.2 Å². The van der Waals surface area contributed by atoms with Crippen molar-refractivity contribution in [3.05, 3.63) is 35.4 Å². The number of piperidine rings is 1. The maximum Gasteiger partial charge on any atom is 0.328 e. The molecule has 20 heavy (non-hydrogen) atoms. The molecule has 5 heteroatoms. The number of anilines is 1. The molecule has 1 aliphatic heterocycles. The van der Waals surface area contributed by atoms with Crippen LogP contribution in [0, 0.1) is 17.6 Å². The van der Waals surface area contributed by atoms with Gasteiger partial charge in [0.2, 0.25) is 0 Å². The summed E-state index contributed by atoms with van der Waals surface area (Å²) in [5.41, 5.74) is 0.195. The Morgan fingerprint density at radius 3 is 2.35 bits per heavy atom. The second-order valence-electron chi connectivity index (χ2n) is 5.17. The van der Waals surface area contributed by atoms with Crippen LogP contribution in [-0.2, 0) is 4.79 Å². The molecule has 1 heterocycles. The molecule has 0 aliphatic carbocycles. The number of aliphatic carboxylic acids is 1. The molecule has 0 radical (unpaired) electrons. The van der Waals surface area contributed by atoms with Gasteiger partial charge in [-0.15, -0.1) is 0 Å². The number of carboxylic acids is 1. The second-order valence-corrected chi connectivity index (χ2v) is 5.17. The normalized spacial score (nSPS) is 16.9. The van der Waals surface area contributed by atoms with Crippen LogP contribution in [0.25, 0.3) is 6.08 Å². The Hall–Kier alpha value is -1.91. The van der Waals surface area contributed by atoms with E-state index in [1.807, 2.05) is 0 Å². The van der Waals surface area contributed by atoms with Crippen molar-refractivity contribution in [2.75, 3.05) is 18.0 Å². The Balaban J connectivity index is 2.25. The van der Waals surface area contributed by atoms with Gasteiger partial charge in [0.25, 0.3) is 0 Å². The monoisotopic (exact) mass is 281 g/mol. The zero-order valence-electron chi connectivity index (χ0n) is 11.3. The highest BCUT2D eigenvalue weighted by Crippen LogP contribution is 2.29. The van der Waals surface area contributed by atoms with Crippen molar-refractivity contribution in [1.82, 2.24) is 0 Å². The van der Waals surface area contributed by atoms with Crippen molar-refractivity contribution >= 4 is 17.7 Å². The fourth-order valence-electron chi connectivity index (χ4n) is 2.38. The van der Waals surface area contributed by atoms with Crippen molar-refractivity contribution in [3.8, 4) is 0 Å². The minimum Gasteiger partial charge on any atom is -0.478 e. The van der Waals surface area contributed by atoms with Crippen LogP contribution in [0.4, 0.5) is 14.5 Å². The molecule has 0 atom stereocenters. The maximum absolute atomic E-state index is 14.1. The maximum atomic E-state index is 14.1. The Labute approximate surface area is 116 Å². The van der Waals surface area contributed by atoms with Gasteiger partial charge in [-0.25, -0.2) is 13.6 Å². The zero-order valence-corrected chi connectivity index (χ0v) is 11.3. The smallest absolute Gasteiger partial charge is 0.328 e. The van der Waals surface area contributed by atoms with Gasteiger partial charge in [0, 0.05) is 19.2 Å². The van der Waals surface area contributed by atoms with Gasteiger partial charge in [0.05, 0.1) is 0 Å². The van der Waals surface area contributed by atoms with Crippen molar-refractivity contribution in [3.63, 3.8) is 0 Å². The van der Waals surface area contributed by atoms with E-state index in [0.717, 1.165) is 31.1 Å². The van der Waals surface area contributed by atoms with Gasteiger partial charge in [-0.05, 0) is 42.5 Å². The topological polar surface area (TPSA) is 40.5 Å². The van der Waals surface area contributed by atoms with E-state index in [9.17, 15) is 13.6 Å². The van der Waals surface area contributed by atoms with Crippen LogP contribution >= 0.6 is 0 Å². The van der Waals surface area contributed by atoms with E-state index in [4.69, 9.17) is 5.11 Å². The summed E-state index contributed by atoms with van der Waals surface area (Å²) >= 11 is 0. The molecule has 1 aliphatic rings. The van der Waals surface area contributed by atoms with E-state index in [-0.39, 0.29) is 11.3 Å². The first-order valence-electron chi connectivity index (χ1n) is 6.62. The Morgan fingerprint density at radius 2 is 1.85 bits per heavy atom. The molecule has 1 saturated heterocycles. The minimum absolute atomic E-state index is 0.00984. The molecule has 1 aromatic carbocycles. The molecule has 0 saturated carbocycles. The summed E-state index contributed by atoms with van der Waals surface area (Å²) in [6.45, 7) is 3.41. The number of hydrogen-bond acceptors (Lipinski definition) is 2. The molecular weight excluding hydrogens is 264 g/mol. The Kier molecular flexibility index (Phi) is 4.37. The summed E-state index contributed by atoms with van der Waals surface area (Å²) in [6.07, 6.45) is 3.87. The Bertz CT molecular complexity index is 512. The second kappa shape index (κ2) is 6.03. The van der Waals surface area contributed by atoms with Crippen molar-refractivity contribution < 1.29 is 18.7 Å². The lowest BCUT2D eigenvalue weighted by atomic mass is 9.98. The largest absolute Gasteiger partial charge is 0.478 e. The van der Waals surface area contributed by atoms with Crippen LogP contribution in [0.3, 0.4) is 0 Å². The fourth-order valence-corrected chi connectivity index (χ4v) is 2.38. The molecule has 1 N–H and O–H groups in total. The SMILES string of the molecule is CC1CCN(c2c(F)cc(C=CC(=O)O)cc2F)CC1. The van der Waals surface area contributed by atoms with Crippen LogP contribution in [0.1, 0.15) is 25.3 Å². The van der Waals surface area contributed by atoms with E-state index in [2.05, 4.69) is 6.92 Å². The summed E-state index contributed by atoms with van der Waals surface area (Å²) in [5, 5.41) is 8.51. The predicted octanol–water partition coefficient (Wildman–Crippen LogP) is 3.30. The third-order valence-electron chi connectivity index (χ3n) is 3.56. The first-order chi connectivity index (χ1) is 9.47. The lowest BCUT2D eigenvalue weighted by molar-refractivity contribution is -0.131. The quantitative estimate of drug-likeness (QED) is 0.864. The summed E-state index contributed by atoms with van der Waals surface area (Å²) < 4.78 is 28.1. The van der Waals surface area contributed by atoms with Crippen LogP contribution in [0.2, 0.25) is 0 Å². The van der Waals surface area contributed by atoms with Crippen molar-refractivity contribution in [2.45, 2.75) is 19.8 Å². The molecule has 0 amide bonds. The number of halogens is 2. The average molecular weight is 281 g/mol. The third kappa shape index (κ3) is 3.35. The highest BCUT2D eigenvalue weighted by atomic mass is 19.1. The van der Waals surface area contributed by atoms with Crippen LogP contribution in [0.15, 0.2) is 18.2 Å². The molecule has 0 bridgehead atoms. The van der Waals surface area contributed by atoms with E-state index in [0.29, 0.717) is 19.0 Å². The van der Waals surface area contributed by atoms with Gasteiger partial charge in [-0.3, -0.25) is 0 Å². The molecule has 108 valence electrons. The first-order valence-corrected chi connectivity index (χ1v) is 6.62. The number of hydrogen-bond donors (Lipinski definition) is 1. The summed E-state index contributed by atoms with van der Waals surface area (Å²) in [5.74, 6) is -1.87. The standard InChI is InChI=1S/C15H17F2NO2/c1-10-4-6-18(7-5-10)15-12(16)8-11(9-13(15)17)2-3-14(19)20/h2-3,8-10H,4-7H2,1H3,(H,19,20). The van der Waals surface area contributed by atoms with Crippen LogP contribution in [0.5, 0.6) is 0 Å². The molecule has 2 rings (SSSR count). The first kappa shape index (κ1) is 14.5. The van der Waals surface area contributed by atoms with Gasteiger partial charge in [0.1, 0.15) is 17.3 Å². The lowest BCUT2D eigenvalue weighted by Gasteiger charge is -2.32. The third-order valence-corrected chi connectivity index (χ3v) is 3.56. The van der Waals surface area contributed by atoms with E-state index >= 15 is 0 Å². The molecule has 0 aromatic heterocycles. The molecule has 3 nitrogen and oxygen atoms in total. The highest BCUT2D eigenvalue weighted by Gasteiger charge is 2.22. The number of carbonyl (C=O) groups is 1. The minimum atomic E-state index is -1.15. The van der Waals surface area contributed by atoms with Gasteiger partial charge in [-0.2, -0.15) is 0 Å². The van der Waals surface area contributed by atoms with Gasteiger partial charge < -0.3 is 10.0 Å². The number of carboxylic acid groups (broad SMARTS) is 1. The lowest BCUT2D eigenvalue weighted by Crippen LogP contribution is -2.34.